The summed E-state index contributed by atoms with van der Waals surface area (Å²) < 4.78 is 15.7. The van der Waals surface area contributed by atoms with E-state index >= 15 is 0 Å². The molecule has 0 heterocycles. The first kappa shape index (κ1) is 14.1. The van der Waals surface area contributed by atoms with Crippen molar-refractivity contribution in [3.05, 3.63) is 30.3 Å². The summed E-state index contributed by atoms with van der Waals surface area (Å²) in [6, 6.07) is 8.89. The van der Waals surface area contributed by atoms with Crippen molar-refractivity contribution in [2.45, 2.75) is 0 Å². The van der Waals surface area contributed by atoms with E-state index in [9.17, 15) is 10.2 Å². The molecule has 5 nitrogen and oxygen atoms in total. The quantitative estimate of drug-likeness (QED) is 0.725. The van der Waals surface area contributed by atoms with Crippen molar-refractivity contribution >= 4 is 21.5 Å². The van der Waals surface area contributed by atoms with Crippen molar-refractivity contribution in [2.75, 3.05) is 21.3 Å². The third-order valence-electron chi connectivity index (χ3n) is 3.74. The second kappa shape index (κ2) is 5.18. The van der Waals surface area contributed by atoms with Gasteiger partial charge in [0.05, 0.1) is 21.3 Å². The molecule has 3 aromatic rings. The molecule has 0 atom stereocenters. The van der Waals surface area contributed by atoms with E-state index < -0.39 is 0 Å². The summed E-state index contributed by atoms with van der Waals surface area (Å²) in [5, 5.41) is 23.5. The third kappa shape index (κ3) is 1.94. The monoisotopic (exact) mass is 300 g/mol. The SMILES string of the molecule is COc1cc2ccc3cc(OC)c(O)c(OC)c3c2cc1O. The lowest BCUT2D eigenvalue weighted by Gasteiger charge is -2.14. The molecule has 3 rings (SSSR count). The van der Waals surface area contributed by atoms with Gasteiger partial charge in [0.2, 0.25) is 5.75 Å². The molecule has 0 saturated heterocycles. The van der Waals surface area contributed by atoms with E-state index in [0.717, 1.165) is 16.2 Å². The van der Waals surface area contributed by atoms with E-state index in [4.69, 9.17) is 14.2 Å². The van der Waals surface area contributed by atoms with Gasteiger partial charge in [0.1, 0.15) is 0 Å². The number of ether oxygens (including phenoxy) is 3. The van der Waals surface area contributed by atoms with Gasteiger partial charge >= 0.3 is 0 Å². The predicted octanol–water partition coefficient (Wildman–Crippen LogP) is 3.43. The van der Waals surface area contributed by atoms with Crippen LogP contribution >= 0.6 is 0 Å². The van der Waals surface area contributed by atoms with E-state index in [1.807, 2.05) is 12.1 Å². The van der Waals surface area contributed by atoms with Crippen LogP contribution in [0.1, 0.15) is 0 Å². The Kier molecular flexibility index (Phi) is 3.33. The highest BCUT2D eigenvalue weighted by Gasteiger charge is 2.17. The molecular weight excluding hydrogens is 284 g/mol. The number of benzene rings is 3. The second-order valence-corrected chi connectivity index (χ2v) is 4.87. The molecule has 0 aliphatic heterocycles. The highest BCUT2D eigenvalue weighted by atomic mass is 16.5. The number of aromatic hydroxyl groups is 2. The molecule has 0 unspecified atom stereocenters. The summed E-state index contributed by atoms with van der Waals surface area (Å²) in [4.78, 5) is 0. The zero-order chi connectivity index (χ0) is 15.9. The largest absolute Gasteiger partial charge is 0.504 e. The molecule has 2 N–H and O–H groups in total. The molecule has 114 valence electrons. The van der Waals surface area contributed by atoms with Crippen LogP contribution in [0.4, 0.5) is 0 Å². The number of phenols is 2. The summed E-state index contributed by atoms with van der Waals surface area (Å²) in [5.74, 6) is 0.995. The highest BCUT2D eigenvalue weighted by Crippen LogP contribution is 2.46. The number of hydrogen-bond acceptors (Lipinski definition) is 5. The molecule has 0 fully saturated rings. The maximum atomic E-state index is 10.3. The lowest BCUT2D eigenvalue weighted by molar-refractivity contribution is 0.343. The summed E-state index contributed by atoms with van der Waals surface area (Å²) in [6.45, 7) is 0. The van der Waals surface area contributed by atoms with Crippen LogP contribution in [-0.2, 0) is 0 Å². The van der Waals surface area contributed by atoms with Crippen LogP contribution in [0.5, 0.6) is 28.7 Å². The highest BCUT2D eigenvalue weighted by molar-refractivity contribution is 6.13. The number of phenolic OH excluding ortho intramolecular Hbond substituents is 2. The van der Waals surface area contributed by atoms with Gasteiger partial charge in [-0.2, -0.15) is 0 Å². The van der Waals surface area contributed by atoms with Crippen molar-refractivity contribution in [2.24, 2.45) is 0 Å². The molecule has 5 heteroatoms. The Bertz CT molecular complexity index is 870. The molecule has 0 radical (unpaired) electrons. The van der Waals surface area contributed by atoms with E-state index in [-0.39, 0.29) is 11.5 Å². The van der Waals surface area contributed by atoms with Crippen LogP contribution in [0.3, 0.4) is 0 Å². The first-order valence-corrected chi connectivity index (χ1v) is 6.68. The number of methoxy groups -OCH3 is 3. The summed E-state index contributed by atoms with van der Waals surface area (Å²) in [5.41, 5.74) is 0. The maximum absolute atomic E-state index is 10.3. The molecule has 0 aliphatic carbocycles. The number of fused-ring (bicyclic) bond motifs is 3. The lowest BCUT2D eigenvalue weighted by atomic mass is 9.99. The van der Waals surface area contributed by atoms with Gasteiger partial charge in [-0.15, -0.1) is 0 Å². The Morgan fingerprint density at radius 2 is 1.41 bits per heavy atom. The summed E-state index contributed by atoms with van der Waals surface area (Å²) in [6.07, 6.45) is 0. The van der Waals surface area contributed by atoms with Crippen molar-refractivity contribution in [3.8, 4) is 28.7 Å². The average Bonchev–Trinajstić information content (AvgIpc) is 2.53. The van der Waals surface area contributed by atoms with Gasteiger partial charge in [-0.25, -0.2) is 0 Å². The van der Waals surface area contributed by atoms with Crippen molar-refractivity contribution in [1.29, 1.82) is 0 Å². The molecule has 0 aromatic heterocycles. The fraction of sp³-hybridized carbons (Fsp3) is 0.176. The van der Waals surface area contributed by atoms with Crippen LogP contribution in [0.25, 0.3) is 21.5 Å². The molecule has 0 aliphatic rings. The van der Waals surface area contributed by atoms with E-state index in [1.54, 1.807) is 18.2 Å². The first-order valence-electron chi connectivity index (χ1n) is 6.68. The minimum Gasteiger partial charge on any atom is -0.504 e. The van der Waals surface area contributed by atoms with Crippen LogP contribution < -0.4 is 14.2 Å². The zero-order valence-corrected chi connectivity index (χ0v) is 12.5. The normalized spacial score (nSPS) is 10.9. The van der Waals surface area contributed by atoms with E-state index in [1.165, 1.54) is 21.3 Å². The van der Waals surface area contributed by atoms with Crippen LogP contribution in [0, 0.1) is 0 Å². The van der Waals surface area contributed by atoms with Gasteiger partial charge in [0.25, 0.3) is 0 Å². The van der Waals surface area contributed by atoms with Gasteiger partial charge in [0.15, 0.2) is 23.0 Å². The Morgan fingerprint density at radius 3 is 2.05 bits per heavy atom. The predicted molar refractivity (Wildman–Crippen MR) is 84.4 cm³/mol. The summed E-state index contributed by atoms with van der Waals surface area (Å²) >= 11 is 0. The van der Waals surface area contributed by atoms with E-state index in [0.29, 0.717) is 22.6 Å². The average molecular weight is 300 g/mol. The van der Waals surface area contributed by atoms with Gasteiger partial charge in [-0.3, -0.25) is 0 Å². The fourth-order valence-corrected chi connectivity index (χ4v) is 2.69. The first-order chi connectivity index (χ1) is 10.6. The fourth-order valence-electron chi connectivity index (χ4n) is 2.69. The van der Waals surface area contributed by atoms with Gasteiger partial charge < -0.3 is 24.4 Å². The van der Waals surface area contributed by atoms with Gasteiger partial charge in [-0.05, 0) is 34.4 Å². The van der Waals surface area contributed by atoms with Crippen molar-refractivity contribution in [3.63, 3.8) is 0 Å². The third-order valence-corrected chi connectivity index (χ3v) is 3.74. The van der Waals surface area contributed by atoms with Gasteiger partial charge in [-0.1, -0.05) is 12.1 Å². The zero-order valence-electron chi connectivity index (χ0n) is 12.5. The molecule has 22 heavy (non-hydrogen) atoms. The van der Waals surface area contributed by atoms with Crippen molar-refractivity contribution < 1.29 is 24.4 Å². The number of hydrogen-bond donors (Lipinski definition) is 2. The topological polar surface area (TPSA) is 68.2 Å². The minimum absolute atomic E-state index is 0.0276. The molecule has 3 aromatic carbocycles. The summed E-state index contributed by atoms with van der Waals surface area (Å²) in [7, 11) is 4.47. The van der Waals surface area contributed by atoms with Crippen LogP contribution in [0.2, 0.25) is 0 Å². The molecule has 0 amide bonds. The lowest BCUT2D eigenvalue weighted by Crippen LogP contribution is -1.92. The Morgan fingerprint density at radius 1 is 0.773 bits per heavy atom. The Balaban J connectivity index is 2.49. The molecular formula is C17H16O5. The van der Waals surface area contributed by atoms with Gasteiger partial charge in [0, 0.05) is 5.39 Å². The molecule has 0 saturated carbocycles. The van der Waals surface area contributed by atoms with Crippen LogP contribution in [0.15, 0.2) is 30.3 Å². The molecule has 0 spiro atoms. The Hall–Kier alpha value is -2.82. The smallest absolute Gasteiger partial charge is 0.201 e. The standard InChI is InChI=1S/C17H16O5/c1-20-13-6-9-4-5-10-7-14(21-2)16(19)17(22-3)15(10)11(9)8-12(13)18/h4-8,18-19H,1-3H3. The van der Waals surface area contributed by atoms with E-state index in [2.05, 4.69) is 0 Å². The maximum Gasteiger partial charge on any atom is 0.201 e. The minimum atomic E-state index is -0.0692. The number of rotatable bonds is 3. The van der Waals surface area contributed by atoms with Crippen molar-refractivity contribution in [1.82, 2.24) is 0 Å². The van der Waals surface area contributed by atoms with Crippen LogP contribution in [-0.4, -0.2) is 31.5 Å². The second-order valence-electron chi connectivity index (χ2n) is 4.87. The molecule has 0 bridgehead atoms. The Labute approximate surface area is 127 Å².